The SMILES string of the molecule is COC(=O)Cc1sc(SCc2cc(=O)[nH]c(C)n2)nc1C. The molecule has 0 radical (unpaired) electrons. The lowest BCUT2D eigenvalue weighted by Gasteiger charge is -1.99. The zero-order valence-corrected chi connectivity index (χ0v) is 13.6. The zero-order chi connectivity index (χ0) is 15.4. The van der Waals surface area contributed by atoms with Crippen LogP contribution in [0.2, 0.25) is 0 Å². The molecule has 0 aliphatic heterocycles. The summed E-state index contributed by atoms with van der Waals surface area (Å²) in [6.45, 7) is 3.62. The van der Waals surface area contributed by atoms with Crippen molar-refractivity contribution in [1.29, 1.82) is 0 Å². The molecule has 2 heterocycles. The molecule has 0 fully saturated rings. The van der Waals surface area contributed by atoms with Crippen molar-refractivity contribution in [2.75, 3.05) is 7.11 Å². The molecule has 112 valence electrons. The van der Waals surface area contributed by atoms with Crippen LogP contribution in [-0.4, -0.2) is 28.0 Å². The number of hydrogen-bond donors (Lipinski definition) is 1. The summed E-state index contributed by atoms with van der Waals surface area (Å²) in [4.78, 5) is 34.9. The van der Waals surface area contributed by atoms with Crippen LogP contribution in [0.15, 0.2) is 15.2 Å². The number of hydrogen-bond acceptors (Lipinski definition) is 7. The van der Waals surface area contributed by atoms with Crippen molar-refractivity contribution in [3.05, 3.63) is 38.5 Å². The van der Waals surface area contributed by atoms with Crippen LogP contribution >= 0.6 is 23.1 Å². The lowest BCUT2D eigenvalue weighted by molar-refractivity contribution is -0.139. The summed E-state index contributed by atoms with van der Waals surface area (Å²) < 4.78 is 5.51. The lowest BCUT2D eigenvalue weighted by atomic mass is 10.3. The van der Waals surface area contributed by atoms with Crippen LogP contribution < -0.4 is 5.56 Å². The van der Waals surface area contributed by atoms with Crippen molar-refractivity contribution in [1.82, 2.24) is 15.0 Å². The minimum Gasteiger partial charge on any atom is -0.469 e. The van der Waals surface area contributed by atoms with Gasteiger partial charge in [-0.15, -0.1) is 11.3 Å². The molecule has 0 atom stereocenters. The molecule has 8 heteroatoms. The highest BCUT2D eigenvalue weighted by Gasteiger charge is 2.12. The van der Waals surface area contributed by atoms with E-state index in [4.69, 9.17) is 0 Å². The molecule has 6 nitrogen and oxygen atoms in total. The Morgan fingerprint density at radius 1 is 1.43 bits per heavy atom. The number of aromatic nitrogens is 3. The summed E-state index contributed by atoms with van der Waals surface area (Å²) >= 11 is 2.97. The highest BCUT2D eigenvalue weighted by atomic mass is 32.2. The highest BCUT2D eigenvalue weighted by Crippen LogP contribution is 2.29. The molecule has 2 aromatic heterocycles. The van der Waals surface area contributed by atoms with E-state index in [1.807, 2.05) is 6.92 Å². The first kappa shape index (κ1) is 15.7. The summed E-state index contributed by atoms with van der Waals surface area (Å²) in [6.07, 6.45) is 0.239. The Kier molecular flexibility index (Phi) is 5.13. The van der Waals surface area contributed by atoms with Gasteiger partial charge in [-0.05, 0) is 13.8 Å². The Bertz CT molecular complexity index is 709. The van der Waals surface area contributed by atoms with Crippen molar-refractivity contribution in [3.63, 3.8) is 0 Å². The standard InChI is InChI=1S/C13H15N3O3S2/c1-7-10(5-12(18)19-3)21-13(14-7)20-6-9-4-11(17)16-8(2)15-9/h4H,5-6H2,1-3H3,(H,15,16,17). The fraction of sp³-hybridized carbons (Fsp3) is 0.385. The molecular weight excluding hydrogens is 310 g/mol. The van der Waals surface area contributed by atoms with Gasteiger partial charge in [-0.25, -0.2) is 9.97 Å². The van der Waals surface area contributed by atoms with Crippen LogP contribution in [0.4, 0.5) is 0 Å². The molecule has 0 bridgehead atoms. The molecule has 2 rings (SSSR count). The van der Waals surface area contributed by atoms with Gasteiger partial charge in [-0.3, -0.25) is 9.59 Å². The first-order chi connectivity index (χ1) is 9.97. The first-order valence-corrected chi connectivity index (χ1v) is 8.01. The number of nitrogens with zero attached hydrogens (tertiary/aromatic N) is 2. The van der Waals surface area contributed by atoms with Gasteiger partial charge < -0.3 is 9.72 Å². The molecule has 0 unspecified atom stereocenters. The topological polar surface area (TPSA) is 84.9 Å². The van der Waals surface area contributed by atoms with E-state index in [0.29, 0.717) is 17.3 Å². The summed E-state index contributed by atoms with van der Waals surface area (Å²) in [7, 11) is 1.37. The number of esters is 1. The molecule has 0 spiro atoms. The van der Waals surface area contributed by atoms with Gasteiger partial charge in [-0.1, -0.05) is 11.8 Å². The fourth-order valence-electron chi connectivity index (χ4n) is 1.68. The molecule has 0 aliphatic carbocycles. The second-order valence-electron chi connectivity index (χ2n) is 4.35. The second kappa shape index (κ2) is 6.86. The average molecular weight is 325 g/mol. The van der Waals surface area contributed by atoms with Crippen molar-refractivity contribution >= 4 is 29.1 Å². The minimum absolute atomic E-state index is 0.153. The Morgan fingerprint density at radius 2 is 2.19 bits per heavy atom. The molecule has 0 aliphatic rings. The van der Waals surface area contributed by atoms with Crippen molar-refractivity contribution < 1.29 is 9.53 Å². The number of aromatic amines is 1. The number of nitrogens with one attached hydrogen (secondary N) is 1. The third-order valence-corrected chi connectivity index (χ3v) is 5.00. The van der Waals surface area contributed by atoms with Crippen LogP contribution in [0.25, 0.3) is 0 Å². The number of thioether (sulfide) groups is 1. The maximum Gasteiger partial charge on any atom is 0.310 e. The molecule has 2 aromatic rings. The van der Waals surface area contributed by atoms with Crippen LogP contribution in [0.1, 0.15) is 22.1 Å². The Morgan fingerprint density at radius 3 is 2.86 bits per heavy atom. The molecule has 0 amide bonds. The Labute approximate surface area is 130 Å². The normalized spacial score (nSPS) is 10.6. The molecule has 1 N–H and O–H groups in total. The van der Waals surface area contributed by atoms with E-state index >= 15 is 0 Å². The van der Waals surface area contributed by atoms with Crippen LogP contribution in [0.3, 0.4) is 0 Å². The summed E-state index contributed by atoms with van der Waals surface area (Å²) in [5, 5.41) is 0. The minimum atomic E-state index is -0.273. The maximum absolute atomic E-state index is 11.4. The van der Waals surface area contributed by atoms with Gasteiger partial charge in [-0.2, -0.15) is 0 Å². The first-order valence-electron chi connectivity index (χ1n) is 6.20. The van der Waals surface area contributed by atoms with Gasteiger partial charge in [0, 0.05) is 16.7 Å². The third-order valence-electron chi connectivity index (χ3n) is 2.66. The van der Waals surface area contributed by atoms with E-state index in [2.05, 4.69) is 19.7 Å². The number of ether oxygens (including phenoxy) is 1. The third kappa shape index (κ3) is 4.40. The van der Waals surface area contributed by atoms with Crippen LogP contribution in [0.5, 0.6) is 0 Å². The number of H-pyrrole nitrogens is 1. The van der Waals surface area contributed by atoms with Crippen molar-refractivity contribution in [3.8, 4) is 0 Å². The zero-order valence-electron chi connectivity index (χ0n) is 11.9. The average Bonchev–Trinajstić information content (AvgIpc) is 2.76. The van der Waals surface area contributed by atoms with Crippen molar-refractivity contribution in [2.45, 2.75) is 30.4 Å². The summed E-state index contributed by atoms with van der Waals surface area (Å²) in [6, 6.07) is 1.48. The smallest absolute Gasteiger partial charge is 0.310 e. The number of thiazole rings is 1. The molecule has 0 aromatic carbocycles. The second-order valence-corrected chi connectivity index (χ2v) is 6.66. The van der Waals surface area contributed by atoms with Gasteiger partial charge in [0.25, 0.3) is 5.56 Å². The monoisotopic (exact) mass is 325 g/mol. The van der Waals surface area contributed by atoms with E-state index in [1.54, 1.807) is 6.92 Å². The number of rotatable bonds is 5. The molecule has 21 heavy (non-hydrogen) atoms. The summed E-state index contributed by atoms with van der Waals surface area (Å²) in [5.41, 5.74) is 1.39. The predicted octanol–water partition coefficient (Wildman–Crippen LogP) is 1.85. The number of carbonyl (C=O) groups excluding carboxylic acids is 1. The van der Waals surface area contributed by atoms with E-state index in [9.17, 15) is 9.59 Å². The van der Waals surface area contributed by atoms with Gasteiger partial charge in [0.1, 0.15) is 5.82 Å². The lowest BCUT2D eigenvalue weighted by Crippen LogP contribution is -2.09. The quantitative estimate of drug-likeness (QED) is 0.667. The van der Waals surface area contributed by atoms with Gasteiger partial charge in [0.2, 0.25) is 0 Å². The number of methoxy groups -OCH3 is 1. The van der Waals surface area contributed by atoms with Crippen LogP contribution in [0, 0.1) is 13.8 Å². The van der Waals surface area contributed by atoms with Crippen molar-refractivity contribution in [2.24, 2.45) is 0 Å². The van der Waals surface area contributed by atoms with E-state index < -0.39 is 0 Å². The van der Waals surface area contributed by atoms with E-state index in [0.717, 1.165) is 14.9 Å². The molecule has 0 saturated carbocycles. The molecule has 0 saturated heterocycles. The maximum atomic E-state index is 11.4. The molecular formula is C13H15N3O3S2. The predicted molar refractivity (Wildman–Crippen MR) is 81.7 cm³/mol. The largest absolute Gasteiger partial charge is 0.469 e. The number of carbonyl (C=O) groups is 1. The van der Waals surface area contributed by atoms with Crippen LogP contribution in [-0.2, 0) is 21.7 Å². The number of aryl methyl sites for hydroxylation is 2. The highest BCUT2D eigenvalue weighted by molar-refractivity contribution is 8.00. The van der Waals surface area contributed by atoms with E-state index in [-0.39, 0.29) is 17.9 Å². The Hall–Kier alpha value is -1.67. The van der Waals surface area contributed by atoms with Gasteiger partial charge in [0.05, 0.1) is 24.9 Å². The van der Waals surface area contributed by atoms with Gasteiger partial charge in [0.15, 0.2) is 4.34 Å². The Balaban J connectivity index is 2.05. The summed E-state index contributed by atoms with van der Waals surface area (Å²) in [5.74, 6) is 0.889. The fourth-order valence-corrected chi connectivity index (χ4v) is 3.79. The van der Waals surface area contributed by atoms with E-state index in [1.165, 1.54) is 36.3 Å². The van der Waals surface area contributed by atoms with Gasteiger partial charge >= 0.3 is 5.97 Å².